The normalized spacial score (nSPS) is 11.0. The van der Waals surface area contributed by atoms with E-state index in [0.717, 1.165) is 22.2 Å². The number of fused-ring (bicyclic) bond motifs is 1. The van der Waals surface area contributed by atoms with Crippen LogP contribution in [0.25, 0.3) is 11.3 Å². The van der Waals surface area contributed by atoms with Crippen molar-refractivity contribution in [2.45, 2.75) is 17.8 Å². The molecule has 0 aliphatic carbocycles. The second-order valence-electron chi connectivity index (χ2n) is 5.99. The van der Waals surface area contributed by atoms with Gasteiger partial charge in [-0.2, -0.15) is 0 Å². The van der Waals surface area contributed by atoms with E-state index in [9.17, 15) is 4.79 Å². The third-order valence-electron chi connectivity index (χ3n) is 4.08. The van der Waals surface area contributed by atoms with Gasteiger partial charge in [0.25, 0.3) is 5.56 Å². The van der Waals surface area contributed by atoms with Crippen LogP contribution in [0.4, 0.5) is 0 Å². The van der Waals surface area contributed by atoms with E-state index in [2.05, 4.69) is 15.2 Å². The van der Waals surface area contributed by atoms with Crippen molar-refractivity contribution in [2.75, 3.05) is 7.11 Å². The standard InChI is InChI=1S/C19H17N5O2S/c1-13-3-8-17-21-14(9-18(25)23(17)10-13)11-27-19-22-20-12-24(19)15-4-6-16(26-2)7-5-15/h3-10,12H,11H2,1-2H3. The second kappa shape index (κ2) is 7.24. The minimum Gasteiger partial charge on any atom is -0.497 e. The number of hydrogen-bond donors (Lipinski definition) is 0. The van der Waals surface area contributed by atoms with Gasteiger partial charge in [0.15, 0.2) is 5.16 Å². The molecule has 0 N–H and O–H groups in total. The van der Waals surface area contributed by atoms with Crippen molar-refractivity contribution in [1.82, 2.24) is 24.1 Å². The molecule has 3 aromatic heterocycles. The molecule has 0 saturated carbocycles. The maximum Gasteiger partial charge on any atom is 0.258 e. The molecule has 4 rings (SSSR count). The molecule has 0 radical (unpaired) electrons. The quantitative estimate of drug-likeness (QED) is 0.497. The van der Waals surface area contributed by atoms with Gasteiger partial charge in [-0.25, -0.2) is 4.98 Å². The number of pyridine rings is 1. The highest BCUT2D eigenvalue weighted by atomic mass is 32.2. The molecule has 0 bridgehead atoms. The fourth-order valence-electron chi connectivity index (χ4n) is 2.71. The van der Waals surface area contributed by atoms with Gasteiger partial charge >= 0.3 is 0 Å². The minimum atomic E-state index is -0.0871. The van der Waals surface area contributed by atoms with E-state index in [0.29, 0.717) is 17.1 Å². The summed E-state index contributed by atoms with van der Waals surface area (Å²) in [6.45, 7) is 1.95. The average molecular weight is 379 g/mol. The van der Waals surface area contributed by atoms with Crippen molar-refractivity contribution in [3.63, 3.8) is 0 Å². The van der Waals surface area contributed by atoms with Gasteiger partial charge < -0.3 is 4.74 Å². The molecule has 27 heavy (non-hydrogen) atoms. The number of rotatable bonds is 5. The molecule has 0 saturated heterocycles. The first-order valence-electron chi connectivity index (χ1n) is 8.30. The Bertz CT molecular complexity index is 1150. The lowest BCUT2D eigenvalue weighted by Crippen LogP contribution is -2.15. The summed E-state index contributed by atoms with van der Waals surface area (Å²) in [7, 11) is 1.63. The summed E-state index contributed by atoms with van der Waals surface area (Å²) in [6, 6.07) is 13.0. The number of ether oxygens (including phenoxy) is 1. The van der Waals surface area contributed by atoms with Crippen molar-refractivity contribution in [3.05, 3.63) is 76.6 Å². The van der Waals surface area contributed by atoms with E-state index in [1.807, 2.05) is 47.9 Å². The first kappa shape index (κ1) is 17.3. The summed E-state index contributed by atoms with van der Waals surface area (Å²) in [4.78, 5) is 16.9. The summed E-state index contributed by atoms with van der Waals surface area (Å²) < 4.78 is 8.64. The van der Waals surface area contributed by atoms with Crippen molar-refractivity contribution >= 4 is 17.4 Å². The SMILES string of the molecule is COc1ccc(-n2cnnc2SCc2cc(=O)n3cc(C)ccc3n2)cc1. The van der Waals surface area contributed by atoms with Gasteiger partial charge in [-0.15, -0.1) is 10.2 Å². The van der Waals surface area contributed by atoms with Crippen molar-refractivity contribution < 1.29 is 4.74 Å². The summed E-state index contributed by atoms with van der Waals surface area (Å²) in [5.74, 6) is 1.31. The summed E-state index contributed by atoms with van der Waals surface area (Å²) in [5, 5.41) is 8.91. The van der Waals surface area contributed by atoms with Crippen LogP contribution in [0.5, 0.6) is 5.75 Å². The van der Waals surface area contributed by atoms with E-state index in [-0.39, 0.29) is 5.56 Å². The van der Waals surface area contributed by atoms with Crippen LogP contribution in [0, 0.1) is 6.92 Å². The van der Waals surface area contributed by atoms with Gasteiger partial charge in [0.1, 0.15) is 17.7 Å². The Morgan fingerprint density at radius 1 is 1.15 bits per heavy atom. The Balaban J connectivity index is 1.58. The van der Waals surface area contributed by atoms with Crippen LogP contribution >= 0.6 is 11.8 Å². The number of methoxy groups -OCH3 is 1. The first-order chi connectivity index (χ1) is 13.1. The van der Waals surface area contributed by atoms with Crippen LogP contribution in [-0.2, 0) is 5.75 Å². The van der Waals surface area contributed by atoms with Crippen LogP contribution in [0.3, 0.4) is 0 Å². The Morgan fingerprint density at radius 3 is 2.74 bits per heavy atom. The number of hydrogen-bond acceptors (Lipinski definition) is 6. The molecule has 0 aliphatic rings. The molecule has 136 valence electrons. The predicted octanol–water partition coefficient (Wildman–Crippen LogP) is 2.88. The molecular formula is C19H17N5O2S. The maximum absolute atomic E-state index is 12.3. The molecule has 7 nitrogen and oxygen atoms in total. The molecule has 0 atom stereocenters. The number of nitrogens with zero attached hydrogens (tertiary/aromatic N) is 5. The molecule has 8 heteroatoms. The van der Waals surface area contributed by atoms with E-state index >= 15 is 0 Å². The summed E-state index contributed by atoms with van der Waals surface area (Å²) in [5.41, 5.74) is 3.21. The lowest BCUT2D eigenvalue weighted by molar-refractivity contribution is 0.414. The van der Waals surface area contributed by atoms with E-state index in [1.54, 1.807) is 30.1 Å². The highest BCUT2D eigenvalue weighted by Crippen LogP contribution is 2.23. The Kier molecular flexibility index (Phi) is 4.64. The lowest BCUT2D eigenvalue weighted by Gasteiger charge is -2.08. The third-order valence-corrected chi connectivity index (χ3v) is 5.05. The monoisotopic (exact) mass is 379 g/mol. The van der Waals surface area contributed by atoms with Gasteiger partial charge in [0, 0.05) is 23.7 Å². The zero-order valence-corrected chi connectivity index (χ0v) is 15.7. The molecule has 4 aromatic rings. The first-order valence-corrected chi connectivity index (χ1v) is 9.29. The summed E-state index contributed by atoms with van der Waals surface area (Å²) >= 11 is 1.48. The van der Waals surface area contributed by atoms with Gasteiger partial charge in [0.05, 0.1) is 12.8 Å². The highest BCUT2D eigenvalue weighted by molar-refractivity contribution is 7.98. The van der Waals surface area contributed by atoms with Gasteiger partial charge in [-0.3, -0.25) is 13.8 Å². The number of aromatic nitrogens is 5. The number of thioether (sulfide) groups is 1. The van der Waals surface area contributed by atoms with Crippen molar-refractivity contribution in [1.29, 1.82) is 0 Å². The van der Waals surface area contributed by atoms with Crippen LogP contribution in [-0.4, -0.2) is 31.3 Å². The molecule has 0 aliphatic heterocycles. The van der Waals surface area contributed by atoms with Crippen LogP contribution in [0.1, 0.15) is 11.3 Å². The number of aryl methyl sites for hydroxylation is 1. The molecular weight excluding hydrogens is 362 g/mol. The second-order valence-corrected chi connectivity index (χ2v) is 6.93. The van der Waals surface area contributed by atoms with Gasteiger partial charge in [-0.1, -0.05) is 17.8 Å². The smallest absolute Gasteiger partial charge is 0.258 e. The predicted molar refractivity (Wildman–Crippen MR) is 104 cm³/mol. The fraction of sp³-hybridized carbons (Fsp3) is 0.158. The molecule has 0 amide bonds. The largest absolute Gasteiger partial charge is 0.497 e. The topological polar surface area (TPSA) is 74.3 Å². The van der Waals surface area contributed by atoms with E-state index in [4.69, 9.17) is 4.74 Å². The van der Waals surface area contributed by atoms with Crippen LogP contribution in [0.15, 0.2) is 64.9 Å². The molecule has 3 heterocycles. The Hall–Kier alpha value is -3.13. The fourth-order valence-corrected chi connectivity index (χ4v) is 3.53. The lowest BCUT2D eigenvalue weighted by atomic mass is 10.3. The zero-order valence-electron chi connectivity index (χ0n) is 14.9. The highest BCUT2D eigenvalue weighted by Gasteiger charge is 2.10. The van der Waals surface area contributed by atoms with Crippen LogP contribution < -0.4 is 10.3 Å². The van der Waals surface area contributed by atoms with Crippen LogP contribution in [0.2, 0.25) is 0 Å². The Labute approximate surface area is 159 Å². The molecule has 0 fully saturated rings. The summed E-state index contributed by atoms with van der Waals surface area (Å²) in [6.07, 6.45) is 3.46. The Morgan fingerprint density at radius 2 is 1.96 bits per heavy atom. The molecule has 0 spiro atoms. The van der Waals surface area contributed by atoms with Gasteiger partial charge in [0.2, 0.25) is 0 Å². The molecule has 1 aromatic carbocycles. The maximum atomic E-state index is 12.3. The molecule has 0 unspecified atom stereocenters. The minimum absolute atomic E-state index is 0.0871. The van der Waals surface area contributed by atoms with E-state index in [1.165, 1.54) is 11.8 Å². The zero-order chi connectivity index (χ0) is 18.8. The third kappa shape index (κ3) is 3.56. The van der Waals surface area contributed by atoms with E-state index < -0.39 is 0 Å². The van der Waals surface area contributed by atoms with Crippen molar-refractivity contribution in [2.24, 2.45) is 0 Å². The van der Waals surface area contributed by atoms with Gasteiger partial charge in [-0.05, 0) is 42.8 Å². The number of benzene rings is 1. The van der Waals surface area contributed by atoms with Crippen molar-refractivity contribution in [3.8, 4) is 11.4 Å². The average Bonchev–Trinajstić information content (AvgIpc) is 3.15.